The summed E-state index contributed by atoms with van der Waals surface area (Å²) >= 11 is 1.33. The Bertz CT molecular complexity index is 956. The number of carbonyl (C=O) groups is 1. The Morgan fingerprint density at radius 3 is 2.75 bits per heavy atom. The summed E-state index contributed by atoms with van der Waals surface area (Å²) in [4.78, 5) is 12.4. The van der Waals surface area contributed by atoms with Gasteiger partial charge in [0.1, 0.15) is 0 Å². The summed E-state index contributed by atoms with van der Waals surface area (Å²) in [6.07, 6.45) is 4.84. The third-order valence-corrected chi connectivity index (χ3v) is 5.94. The van der Waals surface area contributed by atoms with Crippen molar-refractivity contribution in [3.8, 4) is 5.69 Å². The molecule has 144 valence electrons. The number of carbonyl (C=O) groups excluding carboxylic acids is 1. The third-order valence-electron chi connectivity index (χ3n) is 5.02. The lowest BCUT2D eigenvalue weighted by Gasteiger charge is -2.20. The highest BCUT2D eigenvalue weighted by molar-refractivity contribution is 7.99. The monoisotopic (exact) mass is 393 g/mol. The van der Waals surface area contributed by atoms with Crippen LogP contribution in [0.15, 0.2) is 53.7 Å². The van der Waals surface area contributed by atoms with E-state index in [1.165, 1.54) is 42.2 Å². The van der Waals surface area contributed by atoms with Crippen molar-refractivity contribution in [1.29, 1.82) is 0 Å². The van der Waals surface area contributed by atoms with Gasteiger partial charge in [0.05, 0.1) is 17.5 Å². The number of tetrazole rings is 1. The molecular formula is C21H23N5OS. The zero-order valence-corrected chi connectivity index (χ0v) is 16.7. The molecule has 0 radical (unpaired) electrons. The number of benzene rings is 2. The van der Waals surface area contributed by atoms with Gasteiger partial charge in [0.15, 0.2) is 0 Å². The molecule has 0 bridgehead atoms. The van der Waals surface area contributed by atoms with Crippen molar-refractivity contribution >= 4 is 17.7 Å². The van der Waals surface area contributed by atoms with Crippen LogP contribution in [0.2, 0.25) is 0 Å². The number of thioether (sulfide) groups is 1. The van der Waals surface area contributed by atoms with E-state index in [0.717, 1.165) is 17.7 Å². The number of fused-ring (bicyclic) bond motifs is 1. The molecule has 6 nitrogen and oxygen atoms in total. The van der Waals surface area contributed by atoms with Crippen LogP contribution in [0.1, 0.15) is 42.5 Å². The summed E-state index contributed by atoms with van der Waals surface area (Å²) in [6.45, 7) is 2.03. The average Bonchev–Trinajstić information content (AvgIpc) is 3.21. The molecule has 0 saturated carbocycles. The number of amides is 1. The molecule has 1 atom stereocenters. The Hall–Kier alpha value is -2.67. The van der Waals surface area contributed by atoms with Crippen LogP contribution in [-0.4, -0.2) is 31.9 Å². The van der Waals surface area contributed by atoms with Gasteiger partial charge in [-0.15, -0.1) is 5.10 Å². The first-order chi connectivity index (χ1) is 13.7. The van der Waals surface area contributed by atoms with Crippen LogP contribution in [0, 0.1) is 0 Å². The largest absolute Gasteiger partial charge is 0.349 e. The molecule has 1 amide bonds. The fourth-order valence-corrected chi connectivity index (χ4v) is 4.22. The Balaban J connectivity index is 1.36. The van der Waals surface area contributed by atoms with Crippen molar-refractivity contribution in [3.63, 3.8) is 0 Å². The van der Waals surface area contributed by atoms with Gasteiger partial charge >= 0.3 is 0 Å². The molecule has 0 spiro atoms. The standard InChI is InChI=1S/C21H23N5OS/c1-15(17-12-11-16-7-5-6-8-18(16)13-17)22-20(27)14-28-21-23-24-25-26(21)19-9-3-2-4-10-19/h2-4,9-13,15H,5-8,14H2,1H3,(H,22,27)/t15-/m1/s1. The van der Waals surface area contributed by atoms with E-state index in [1.807, 2.05) is 37.3 Å². The topological polar surface area (TPSA) is 72.7 Å². The number of rotatable bonds is 6. The minimum Gasteiger partial charge on any atom is -0.349 e. The quantitative estimate of drug-likeness (QED) is 0.649. The molecule has 1 aromatic heterocycles. The minimum absolute atomic E-state index is 0.0227. The van der Waals surface area contributed by atoms with E-state index in [1.54, 1.807) is 4.68 Å². The molecule has 7 heteroatoms. The van der Waals surface area contributed by atoms with Crippen LogP contribution < -0.4 is 5.32 Å². The molecule has 1 N–H and O–H groups in total. The number of hydrogen-bond donors (Lipinski definition) is 1. The highest BCUT2D eigenvalue weighted by Crippen LogP contribution is 2.25. The minimum atomic E-state index is -0.0298. The second-order valence-electron chi connectivity index (χ2n) is 7.02. The number of nitrogens with zero attached hydrogens (tertiary/aromatic N) is 4. The first kappa shape index (κ1) is 18.7. The van der Waals surface area contributed by atoms with Gasteiger partial charge in [-0.05, 0) is 71.9 Å². The van der Waals surface area contributed by atoms with Crippen LogP contribution in [0.4, 0.5) is 0 Å². The van der Waals surface area contributed by atoms with E-state index in [9.17, 15) is 4.79 Å². The number of nitrogens with one attached hydrogen (secondary N) is 1. The Labute approximate surface area is 168 Å². The molecule has 4 rings (SSSR count). The number of para-hydroxylation sites is 1. The molecule has 1 heterocycles. The van der Waals surface area contributed by atoms with Gasteiger partial charge in [-0.1, -0.05) is 48.2 Å². The average molecular weight is 394 g/mol. The predicted octanol–water partition coefficient (Wildman–Crippen LogP) is 3.51. The van der Waals surface area contributed by atoms with Gasteiger partial charge in [-0.3, -0.25) is 4.79 Å². The first-order valence-electron chi connectivity index (χ1n) is 9.58. The number of aromatic nitrogens is 4. The zero-order valence-electron chi connectivity index (χ0n) is 15.8. The number of hydrogen-bond acceptors (Lipinski definition) is 5. The van der Waals surface area contributed by atoms with Crippen molar-refractivity contribution in [2.45, 2.75) is 43.8 Å². The maximum absolute atomic E-state index is 12.4. The molecule has 1 aliphatic rings. The van der Waals surface area contributed by atoms with Crippen LogP contribution in [0.5, 0.6) is 0 Å². The highest BCUT2D eigenvalue weighted by Gasteiger charge is 2.16. The van der Waals surface area contributed by atoms with Crippen LogP contribution >= 0.6 is 11.8 Å². The van der Waals surface area contributed by atoms with Gasteiger partial charge < -0.3 is 5.32 Å². The molecule has 3 aromatic rings. The Kier molecular flexibility index (Phi) is 5.71. The van der Waals surface area contributed by atoms with Gasteiger partial charge in [0.2, 0.25) is 11.1 Å². The van der Waals surface area contributed by atoms with E-state index >= 15 is 0 Å². The van der Waals surface area contributed by atoms with E-state index in [-0.39, 0.29) is 17.7 Å². The van der Waals surface area contributed by atoms with Crippen molar-refractivity contribution in [1.82, 2.24) is 25.5 Å². The van der Waals surface area contributed by atoms with Crippen LogP contribution in [0.3, 0.4) is 0 Å². The van der Waals surface area contributed by atoms with Crippen LogP contribution in [-0.2, 0) is 17.6 Å². The first-order valence-corrected chi connectivity index (χ1v) is 10.6. The van der Waals surface area contributed by atoms with Crippen molar-refractivity contribution in [3.05, 3.63) is 65.2 Å². The molecule has 28 heavy (non-hydrogen) atoms. The second-order valence-corrected chi connectivity index (χ2v) is 7.96. The Morgan fingerprint density at radius 1 is 1.14 bits per heavy atom. The zero-order chi connectivity index (χ0) is 19.3. The molecule has 1 aliphatic carbocycles. The molecule has 0 saturated heterocycles. The summed E-state index contributed by atoms with van der Waals surface area (Å²) in [5.41, 5.74) is 4.92. The van der Waals surface area contributed by atoms with E-state index in [4.69, 9.17) is 0 Å². The summed E-state index contributed by atoms with van der Waals surface area (Å²) in [5.74, 6) is 0.237. The molecular weight excluding hydrogens is 370 g/mol. The lowest BCUT2D eigenvalue weighted by Crippen LogP contribution is -2.28. The molecule has 0 unspecified atom stereocenters. The molecule has 2 aromatic carbocycles. The summed E-state index contributed by atoms with van der Waals surface area (Å²) < 4.78 is 1.64. The van der Waals surface area contributed by atoms with E-state index < -0.39 is 0 Å². The third kappa shape index (κ3) is 4.25. The van der Waals surface area contributed by atoms with Gasteiger partial charge in [0, 0.05) is 0 Å². The lowest BCUT2D eigenvalue weighted by atomic mass is 9.89. The van der Waals surface area contributed by atoms with E-state index in [2.05, 4.69) is 39.0 Å². The molecule has 0 fully saturated rings. The fourth-order valence-electron chi connectivity index (χ4n) is 3.52. The second kappa shape index (κ2) is 8.56. The van der Waals surface area contributed by atoms with Crippen molar-refractivity contribution in [2.24, 2.45) is 0 Å². The van der Waals surface area contributed by atoms with Gasteiger partial charge in [-0.25, -0.2) is 0 Å². The van der Waals surface area contributed by atoms with Gasteiger partial charge in [0.25, 0.3) is 0 Å². The Morgan fingerprint density at radius 2 is 1.93 bits per heavy atom. The maximum atomic E-state index is 12.4. The maximum Gasteiger partial charge on any atom is 0.230 e. The van der Waals surface area contributed by atoms with E-state index in [0.29, 0.717) is 5.16 Å². The normalized spacial score (nSPS) is 14.3. The predicted molar refractivity (Wildman–Crippen MR) is 110 cm³/mol. The summed E-state index contributed by atoms with van der Waals surface area (Å²) in [5, 5.41) is 15.5. The van der Waals surface area contributed by atoms with Crippen molar-refractivity contribution < 1.29 is 4.79 Å². The SMILES string of the molecule is C[C@@H](NC(=O)CSc1nnnn1-c1ccccc1)c1ccc2c(c1)CCCC2. The summed E-state index contributed by atoms with van der Waals surface area (Å²) in [7, 11) is 0. The smallest absolute Gasteiger partial charge is 0.230 e. The lowest BCUT2D eigenvalue weighted by molar-refractivity contribution is -0.119. The van der Waals surface area contributed by atoms with Crippen LogP contribution in [0.25, 0.3) is 5.69 Å². The van der Waals surface area contributed by atoms with Gasteiger partial charge in [-0.2, -0.15) is 4.68 Å². The van der Waals surface area contributed by atoms with Crippen molar-refractivity contribution in [2.75, 3.05) is 5.75 Å². The summed E-state index contributed by atoms with van der Waals surface area (Å²) in [6, 6.07) is 16.2. The fraction of sp³-hybridized carbons (Fsp3) is 0.333. The highest BCUT2D eigenvalue weighted by atomic mass is 32.2. The number of aryl methyl sites for hydroxylation is 2. The molecule has 0 aliphatic heterocycles.